The van der Waals surface area contributed by atoms with Gasteiger partial charge in [0.05, 0.1) is 17.3 Å². The third kappa shape index (κ3) is 3.51. The highest BCUT2D eigenvalue weighted by Gasteiger charge is 2.32. The smallest absolute Gasteiger partial charge is 0.335 e. The summed E-state index contributed by atoms with van der Waals surface area (Å²) in [5.74, 6) is 0.317. The molecule has 27 heavy (non-hydrogen) atoms. The number of nitrogens with zero attached hydrogens (tertiary/aromatic N) is 5. The topological polar surface area (TPSA) is 94.1 Å². The van der Waals surface area contributed by atoms with Gasteiger partial charge in [0.25, 0.3) is 5.91 Å². The molecule has 8 nitrogen and oxygen atoms in total. The Labute approximate surface area is 155 Å². The average Bonchev–Trinajstić information content (AvgIpc) is 3.18. The molecule has 0 bridgehead atoms. The first kappa shape index (κ1) is 17.1. The maximum atomic E-state index is 12.9. The van der Waals surface area contributed by atoms with E-state index in [9.17, 15) is 9.59 Å². The van der Waals surface area contributed by atoms with E-state index in [1.165, 1.54) is 23.2 Å². The fourth-order valence-electron chi connectivity index (χ4n) is 3.31. The van der Waals surface area contributed by atoms with Crippen molar-refractivity contribution in [2.75, 3.05) is 6.54 Å². The van der Waals surface area contributed by atoms with E-state index in [1.807, 2.05) is 31.2 Å². The largest absolute Gasteiger partial charge is 0.430 e. The van der Waals surface area contributed by atoms with E-state index >= 15 is 0 Å². The maximum Gasteiger partial charge on any atom is 0.335 e. The first-order valence-electron chi connectivity index (χ1n) is 8.88. The summed E-state index contributed by atoms with van der Waals surface area (Å²) in [5.41, 5.74) is 1.79. The summed E-state index contributed by atoms with van der Waals surface area (Å²) in [6, 6.07) is 10.3. The molecule has 1 fully saturated rings. The third-order valence-corrected chi connectivity index (χ3v) is 4.67. The normalized spacial score (nSPS) is 17.1. The van der Waals surface area contributed by atoms with E-state index in [1.54, 1.807) is 4.90 Å². The molecule has 8 heteroatoms. The second-order valence-electron chi connectivity index (χ2n) is 6.63. The standard InChI is InChI=1S/C19H19N5O3/c1-13-5-4-6-15(11-13)24-21-18(20-22-24)16-7-2-3-10-23(16)19(26)14-8-9-17(25)27-12-14/h4-6,8-9,11-12,16H,2-3,7,10H2,1H3. The second-order valence-corrected chi connectivity index (χ2v) is 6.63. The van der Waals surface area contributed by atoms with Crippen molar-refractivity contribution in [1.29, 1.82) is 0 Å². The summed E-state index contributed by atoms with van der Waals surface area (Å²) in [7, 11) is 0. The van der Waals surface area contributed by atoms with E-state index in [0.29, 0.717) is 17.9 Å². The lowest BCUT2D eigenvalue weighted by Crippen LogP contribution is -2.39. The lowest BCUT2D eigenvalue weighted by Gasteiger charge is -2.33. The van der Waals surface area contributed by atoms with Gasteiger partial charge in [-0.3, -0.25) is 4.79 Å². The van der Waals surface area contributed by atoms with Crippen LogP contribution in [-0.2, 0) is 0 Å². The van der Waals surface area contributed by atoms with Gasteiger partial charge in [-0.2, -0.15) is 0 Å². The Kier molecular flexibility index (Phi) is 4.53. The fourth-order valence-corrected chi connectivity index (χ4v) is 3.31. The Balaban J connectivity index is 1.62. The number of aromatic nitrogens is 4. The quantitative estimate of drug-likeness (QED) is 0.707. The van der Waals surface area contributed by atoms with Gasteiger partial charge in [0.2, 0.25) is 0 Å². The first-order chi connectivity index (χ1) is 13.1. The number of tetrazole rings is 1. The molecule has 3 aromatic rings. The van der Waals surface area contributed by atoms with Crippen LogP contribution in [0.3, 0.4) is 0 Å². The van der Waals surface area contributed by atoms with Gasteiger partial charge in [-0.1, -0.05) is 12.1 Å². The number of carbonyl (C=O) groups is 1. The van der Waals surface area contributed by atoms with Gasteiger partial charge in [0.1, 0.15) is 6.26 Å². The Morgan fingerprint density at radius 3 is 2.89 bits per heavy atom. The number of rotatable bonds is 3. The summed E-state index contributed by atoms with van der Waals surface area (Å²) in [5, 5.41) is 12.9. The highest BCUT2D eigenvalue weighted by Crippen LogP contribution is 2.30. The zero-order valence-electron chi connectivity index (χ0n) is 14.9. The highest BCUT2D eigenvalue weighted by atomic mass is 16.4. The molecule has 0 aliphatic carbocycles. The van der Waals surface area contributed by atoms with E-state index in [0.717, 1.165) is 30.5 Å². The van der Waals surface area contributed by atoms with Gasteiger partial charge in [0.15, 0.2) is 5.82 Å². The van der Waals surface area contributed by atoms with E-state index in [4.69, 9.17) is 4.42 Å². The van der Waals surface area contributed by atoms with Crippen LogP contribution in [0.4, 0.5) is 0 Å². The van der Waals surface area contributed by atoms with Gasteiger partial charge < -0.3 is 9.32 Å². The molecular formula is C19H19N5O3. The Bertz CT molecular complexity index is 1010. The molecule has 4 rings (SSSR count). The van der Waals surface area contributed by atoms with Crippen LogP contribution in [0.25, 0.3) is 5.69 Å². The summed E-state index contributed by atoms with van der Waals surface area (Å²) < 4.78 is 4.83. The monoisotopic (exact) mass is 365 g/mol. The molecule has 1 aliphatic rings. The van der Waals surface area contributed by atoms with Crippen molar-refractivity contribution < 1.29 is 9.21 Å². The zero-order valence-corrected chi connectivity index (χ0v) is 14.9. The van der Waals surface area contributed by atoms with Crippen molar-refractivity contribution in [2.45, 2.75) is 32.2 Å². The molecule has 1 aliphatic heterocycles. The average molecular weight is 365 g/mol. The van der Waals surface area contributed by atoms with Crippen molar-refractivity contribution in [3.63, 3.8) is 0 Å². The molecule has 1 atom stereocenters. The Morgan fingerprint density at radius 1 is 1.22 bits per heavy atom. The van der Waals surface area contributed by atoms with Gasteiger partial charge >= 0.3 is 5.63 Å². The van der Waals surface area contributed by atoms with Crippen LogP contribution in [0.5, 0.6) is 0 Å². The van der Waals surface area contributed by atoms with Gasteiger partial charge in [-0.05, 0) is 55.2 Å². The molecule has 1 saturated heterocycles. The molecule has 1 amide bonds. The number of piperidine rings is 1. The molecular weight excluding hydrogens is 346 g/mol. The van der Waals surface area contributed by atoms with E-state index < -0.39 is 5.63 Å². The Hall–Kier alpha value is -3.29. The van der Waals surface area contributed by atoms with E-state index in [-0.39, 0.29) is 11.9 Å². The maximum absolute atomic E-state index is 12.9. The van der Waals surface area contributed by atoms with Gasteiger partial charge in [-0.15, -0.1) is 15.0 Å². The Morgan fingerprint density at radius 2 is 2.11 bits per heavy atom. The number of amides is 1. The fraction of sp³-hybridized carbons (Fsp3) is 0.316. The molecule has 2 aromatic heterocycles. The summed E-state index contributed by atoms with van der Waals surface area (Å²) >= 11 is 0. The molecule has 0 radical (unpaired) electrons. The molecule has 1 unspecified atom stereocenters. The van der Waals surface area contributed by atoms with Crippen molar-refractivity contribution in [2.24, 2.45) is 0 Å². The predicted molar refractivity (Wildman–Crippen MR) is 96.5 cm³/mol. The van der Waals surface area contributed by atoms with Gasteiger partial charge in [-0.25, -0.2) is 4.79 Å². The van der Waals surface area contributed by atoms with Crippen molar-refractivity contribution in [3.05, 3.63) is 70.0 Å². The molecule has 3 heterocycles. The van der Waals surface area contributed by atoms with Crippen LogP contribution in [-0.4, -0.2) is 37.6 Å². The van der Waals surface area contributed by atoms with Crippen LogP contribution in [0.2, 0.25) is 0 Å². The number of hydrogen-bond acceptors (Lipinski definition) is 6. The van der Waals surface area contributed by atoms with Crippen LogP contribution in [0.15, 0.2) is 51.9 Å². The number of carbonyl (C=O) groups excluding carboxylic acids is 1. The zero-order chi connectivity index (χ0) is 18.8. The number of aryl methyl sites for hydroxylation is 1. The minimum absolute atomic E-state index is 0.199. The molecule has 0 spiro atoms. The highest BCUT2D eigenvalue weighted by molar-refractivity contribution is 5.94. The van der Waals surface area contributed by atoms with Gasteiger partial charge in [0, 0.05) is 12.6 Å². The van der Waals surface area contributed by atoms with Crippen LogP contribution < -0.4 is 5.63 Å². The minimum atomic E-state index is -0.482. The molecule has 138 valence electrons. The van der Waals surface area contributed by atoms with Crippen molar-refractivity contribution in [3.8, 4) is 5.69 Å². The SMILES string of the molecule is Cc1cccc(-n2nnc(C3CCCCN3C(=O)c3ccc(=O)oc3)n2)c1. The van der Waals surface area contributed by atoms with Crippen LogP contribution >= 0.6 is 0 Å². The summed E-state index contributed by atoms with van der Waals surface area (Å²) in [4.78, 5) is 27.3. The third-order valence-electron chi connectivity index (χ3n) is 4.67. The van der Waals surface area contributed by atoms with Crippen molar-refractivity contribution in [1.82, 2.24) is 25.1 Å². The number of hydrogen-bond donors (Lipinski definition) is 0. The first-order valence-corrected chi connectivity index (χ1v) is 8.88. The molecule has 1 aromatic carbocycles. The lowest BCUT2D eigenvalue weighted by atomic mass is 10.0. The second kappa shape index (κ2) is 7.14. The predicted octanol–water partition coefficient (Wildman–Crippen LogP) is 2.29. The molecule has 0 N–H and O–H groups in total. The minimum Gasteiger partial charge on any atom is -0.430 e. The number of likely N-dealkylation sites (tertiary alicyclic amines) is 1. The van der Waals surface area contributed by atoms with E-state index in [2.05, 4.69) is 15.4 Å². The number of benzene rings is 1. The van der Waals surface area contributed by atoms with Crippen LogP contribution in [0, 0.1) is 6.92 Å². The van der Waals surface area contributed by atoms with Crippen LogP contribution in [0.1, 0.15) is 47.1 Å². The summed E-state index contributed by atoms with van der Waals surface area (Å²) in [6.45, 7) is 2.60. The molecule has 0 saturated carbocycles. The van der Waals surface area contributed by atoms with Crippen molar-refractivity contribution >= 4 is 5.91 Å². The summed E-state index contributed by atoms with van der Waals surface area (Å²) in [6.07, 6.45) is 3.86. The lowest BCUT2D eigenvalue weighted by molar-refractivity contribution is 0.0597.